The van der Waals surface area contributed by atoms with Crippen molar-refractivity contribution in [3.8, 4) is 0 Å². The molecule has 0 saturated heterocycles. The molecular formula is C17H29NO2. The van der Waals surface area contributed by atoms with Crippen LogP contribution in [0.2, 0.25) is 0 Å². The highest BCUT2D eigenvalue weighted by atomic mass is 16.5. The highest BCUT2D eigenvalue weighted by molar-refractivity contribution is 5.29. The molecule has 1 aromatic carbocycles. The summed E-state index contributed by atoms with van der Waals surface area (Å²) in [5, 5.41) is 9.81. The molecule has 114 valence electrons. The third kappa shape index (κ3) is 4.89. The maximum Gasteiger partial charge on any atom is 0.0541 e. The molecule has 1 aromatic rings. The molecule has 0 aliphatic heterocycles. The molecule has 0 saturated carbocycles. The summed E-state index contributed by atoms with van der Waals surface area (Å²) in [6, 6.07) is 8.25. The molecule has 0 spiro atoms. The van der Waals surface area contributed by atoms with Gasteiger partial charge in [-0.2, -0.15) is 0 Å². The molecule has 3 N–H and O–H groups in total. The van der Waals surface area contributed by atoms with Crippen molar-refractivity contribution < 1.29 is 9.84 Å². The molecule has 3 heteroatoms. The zero-order valence-electron chi connectivity index (χ0n) is 13.1. The average Bonchev–Trinajstić information content (AvgIpc) is 2.44. The second-order valence-corrected chi connectivity index (χ2v) is 6.05. The minimum atomic E-state index is -0.383. The molecule has 0 radical (unpaired) electrons. The number of hydrogen-bond acceptors (Lipinski definition) is 3. The highest BCUT2D eigenvalue weighted by Crippen LogP contribution is 2.27. The van der Waals surface area contributed by atoms with Gasteiger partial charge in [-0.1, -0.05) is 43.7 Å². The monoisotopic (exact) mass is 279 g/mol. The lowest BCUT2D eigenvalue weighted by molar-refractivity contribution is 0.0884. The normalized spacial score (nSPS) is 14.5. The molecule has 1 unspecified atom stereocenters. The van der Waals surface area contributed by atoms with Gasteiger partial charge in [0.25, 0.3) is 0 Å². The molecule has 0 aromatic heterocycles. The summed E-state index contributed by atoms with van der Waals surface area (Å²) >= 11 is 0. The zero-order chi connectivity index (χ0) is 15.0. The molecule has 20 heavy (non-hydrogen) atoms. The van der Waals surface area contributed by atoms with E-state index in [2.05, 4.69) is 45.0 Å². The van der Waals surface area contributed by atoms with E-state index in [9.17, 15) is 5.11 Å². The van der Waals surface area contributed by atoms with Crippen LogP contribution in [-0.2, 0) is 10.2 Å². The quantitative estimate of drug-likeness (QED) is 0.683. The van der Waals surface area contributed by atoms with Gasteiger partial charge in [-0.3, -0.25) is 0 Å². The molecule has 1 atom stereocenters. The SMILES string of the molecule is Cc1ccc(C(CN)(CO)CCOCCC(C)C)cc1. The van der Waals surface area contributed by atoms with Crippen LogP contribution in [0.15, 0.2) is 24.3 Å². The lowest BCUT2D eigenvalue weighted by atomic mass is 9.78. The third-order valence-corrected chi connectivity index (χ3v) is 3.92. The van der Waals surface area contributed by atoms with E-state index in [4.69, 9.17) is 10.5 Å². The third-order valence-electron chi connectivity index (χ3n) is 3.92. The Balaban J connectivity index is 2.60. The van der Waals surface area contributed by atoms with Crippen LogP contribution in [0.5, 0.6) is 0 Å². The first-order valence-electron chi connectivity index (χ1n) is 7.50. The van der Waals surface area contributed by atoms with E-state index in [0.717, 1.165) is 25.0 Å². The molecule has 1 rings (SSSR count). The first-order valence-corrected chi connectivity index (χ1v) is 7.50. The van der Waals surface area contributed by atoms with E-state index in [0.29, 0.717) is 19.1 Å². The van der Waals surface area contributed by atoms with Crippen molar-refractivity contribution in [2.75, 3.05) is 26.4 Å². The first kappa shape index (κ1) is 17.2. The smallest absolute Gasteiger partial charge is 0.0541 e. The lowest BCUT2D eigenvalue weighted by Crippen LogP contribution is -2.40. The first-order chi connectivity index (χ1) is 9.54. The van der Waals surface area contributed by atoms with Gasteiger partial charge in [0, 0.05) is 25.2 Å². The number of aryl methyl sites for hydroxylation is 1. The van der Waals surface area contributed by atoms with E-state index < -0.39 is 0 Å². The van der Waals surface area contributed by atoms with E-state index in [-0.39, 0.29) is 12.0 Å². The fourth-order valence-electron chi connectivity index (χ4n) is 2.19. The van der Waals surface area contributed by atoms with Crippen molar-refractivity contribution >= 4 is 0 Å². The highest BCUT2D eigenvalue weighted by Gasteiger charge is 2.29. The summed E-state index contributed by atoms with van der Waals surface area (Å²) < 4.78 is 5.68. The van der Waals surface area contributed by atoms with Crippen molar-refractivity contribution in [3.05, 3.63) is 35.4 Å². The lowest BCUT2D eigenvalue weighted by Gasteiger charge is -2.31. The van der Waals surface area contributed by atoms with Gasteiger partial charge in [0.15, 0.2) is 0 Å². The summed E-state index contributed by atoms with van der Waals surface area (Å²) in [5.41, 5.74) is 7.86. The molecule has 0 amide bonds. The average molecular weight is 279 g/mol. The van der Waals surface area contributed by atoms with Gasteiger partial charge in [0.2, 0.25) is 0 Å². The molecule has 0 aliphatic rings. The number of benzene rings is 1. The Morgan fingerprint density at radius 1 is 1.20 bits per heavy atom. The second kappa shape index (κ2) is 8.40. The van der Waals surface area contributed by atoms with Gasteiger partial charge in [-0.05, 0) is 31.2 Å². The molecule has 0 aliphatic carbocycles. The molecule has 3 nitrogen and oxygen atoms in total. The molecule has 0 fully saturated rings. The predicted molar refractivity (Wildman–Crippen MR) is 83.9 cm³/mol. The van der Waals surface area contributed by atoms with E-state index in [1.807, 2.05) is 0 Å². The summed E-state index contributed by atoms with van der Waals surface area (Å²) in [6.07, 6.45) is 1.82. The van der Waals surface area contributed by atoms with Crippen molar-refractivity contribution in [3.63, 3.8) is 0 Å². The Morgan fingerprint density at radius 2 is 1.85 bits per heavy atom. The van der Waals surface area contributed by atoms with Crippen LogP contribution in [0, 0.1) is 12.8 Å². The number of aliphatic hydroxyl groups excluding tert-OH is 1. The fourth-order valence-corrected chi connectivity index (χ4v) is 2.19. The van der Waals surface area contributed by atoms with Gasteiger partial charge in [-0.25, -0.2) is 0 Å². The van der Waals surface area contributed by atoms with Crippen molar-refractivity contribution in [1.29, 1.82) is 0 Å². The van der Waals surface area contributed by atoms with Crippen LogP contribution in [-0.4, -0.2) is 31.5 Å². The zero-order valence-corrected chi connectivity index (χ0v) is 13.1. The van der Waals surface area contributed by atoms with Gasteiger partial charge < -0.3 is 15.6 Å². The fraction of sp³-hybridized carbons (Fsp3) is 0.647. The number of aliphatic hydroxyl groups is 1. The summed E-state index contributed by atoms with van der Waals surface area (Å²) in [7, 11) is 0. The maximum absolute atomic E-state index is 9.81. The maximum atomic E-state index is 9.81. The van der Waals surface area contributed by atoms with Crippen LogP contribution < -0.4 is 5.73 Å². The number of ether oxygens (including phenoxy) is 1. The Labute approximate surface area is 123 Å². The Morgan fingerprint density at radius 3 is 2.35 bits per heavy atom. The van der Waals surface area contributed by atoms with Gasteiger partial charge in [0.1, 0.15) is 0 Å². The topological polar surface area (TPSA) is 55.5 Å². The predicted octanol–water partition coefficient (Wildman–Crippen LogP) is 2.64. The molecule has 0 heterocycles. The number of nitrogens with two attached hydrogens (primary N) is 1. The van der Waals surface area contributed by atoms with Crippen molar-refractivity contribution in [2.24, 2.45) is 11.7 Å². The minimum absolute atomic E-state index is 0.0557. The van der Waals surface area contributed by atoms with Crippen LogP contribution in [0.25, 0.3) is 0 Å². The minimum Gasteiger partial charge on any atom is -0.395 e. The summed E-state index contributed by atoms with van der Waals surface area (Å²) in [5.74, 6) is 0.657. The van der Waals surface area contributed by atoms with Crippen LogP contribution in [0.1, 0.15) is 37.8 Å². The van der Waals surface area contributed by atoms with Crippen molar-refractivity contribution in [2.45, 2.75) is 39.0 Å². The molecular weight excluding hydrogens is 250 g/mol. The van der Waals surface area contributed by atoms with Gasteiger partial charge in [-0.15, -0.1) is 0 Å². The molecule has 0 bridgehead atoms. The van der Waals surface area contributed by atoms with Crippen LogP contribution in [0.4, 0.5) is 0 Å². The van der Waals surface area contributed by atoms with Crippen molar-refractivity contribution in [1.82, 2.24) is 0 Å². The second-order valence-electron chi connectivity index (χ2n) is 6.05. The van der Waals surface area contributed by atoms with Crippen LogP contribution >= 0.6 is 0 Å². The van der Waals surface area contributed by atoms with E-state index in [1.165, 1.54) is 5.56 Å². The Bertz CT molecular complexity index is 369. The van der Waals surface area contributed by atoms with E-state index >= 15 is 0 Å². The largest absolute Gasteiger partial charge is 0.395 e. The summed E-state index contributed by atoms with van der Waals surface area (Å²) in [6.45, 7) is 8.33. The Hall–Kier alpha value is -0.900. The standard InChI is InChI=1S/C17H29NO2/c1-14(2)8-10-20-11-9-17(12-18,13-19)16-6-4-15(3)5-7-16/h4-7,14,19H,8-13,18H2,1-3H3. The summed E-state index contributed by atoms with van der Waals surface area (Å²) in [4.78, 5) is 0. The van der Waals surface area contributed by atoms with Gasteiger partial charge in [0.05, 0.1) is 6.61 Å². The number of rotatable bonds is 9. The van der Waals surface area contributed by atoms with E-state index in [1.54, 1.807) is 0 Å². The Kier molecular flexibility index (Phi) is 7.20. The van der Waals surface area contributed by atoms with Gasteiger partial charge >= 0.3 is 0 Å². The van der Waals surface area contributed by atoms with Crippen LogP contribution in [0.3, 0.4) is 0 Å². The number of hydrogen-bond donors (Lipinski definition) is 2.